The van der Waals surface area contributed by atoms with Crippen molar-refractivity contribution in [2.75, 3.05) is 19.0 Å². The van der Waals surface area contributed by atoms with E-state index in [1.165, 1.54) is 20.1 Å². The number of carbonyl (C=O) groups is 2. The molecule has 5 nitrogen and oxygen atoms in total. The average molecular weight is 284 g/mol. The minimum Gasteiger partial charge on any atom is -0.492 e. The number of nitrogens with one attached hydrogen (secondary N) is 1. The molecule has 1 aromatic rings. The third kappa shape index (κ3) is 2.66. The van der Waals surface area contributed by atoms with Crippen molar-refractivity contribution in [2.45, 2.75) is 19.8 Å². The summed E-state index contributed by atoms with van der Waals surface area (Å²) >= 11 is 6.13. The summed E-state index contributed by atoms with van der Waals surface area (Å²) in [5, 5.41) is 2.99. The predicted octanol–water partition coefficient (Wildman–Crippen LogP) is 2.41. The van der Waals surface area contributed by atoms with Gasteiger partial charge in [-0.05, 0) is 18.9 Å². The summed E-state index contributed by atoms with van der Waals surface area (Å²) in [7, 11) is 1.30. The Kier molecular flexibility index (Phi) is 3.95. The van der Waals surface area contributed by atoms with Gasteiger partial charge in [0.1, 0.15) is 11.3 Å². The number of rotatable bonds is 2. The second-order valence-corrected chi connectivity index (χ2v) is 4.62. The Balaban J connectivity index is 2.59. The van der Waals surface area contributed by atoms with E-state index in [2.05, 4.69) is 5.32 Å². The first kappa shape index (κ1) is 13.7. The van der Waals surface area contributed by atoms with Crippen LogP contribution in [0.1, 0.15) is 29.3 Å². The fourth-order valence-electron chi connectivity index (χ4n) is 2.08. The van der Waals surface area contributed by atoms with Crippen LogP contribution in [0, 0.1) is 0 Å². The molecule has 19 heavy (non-hydrogen) atoms. The maximum atomic E-state index is 11.7. The van der Waals surface area contributed by atoms with Gasteiger partial charge >= 0.3 is 5.97 Å². The van der Waals surface area contributed by atoms with Gasteiger partial charge in [-0.15, -0.1) is 0 Å². The fraction of sp³-hybridized carbons (Fsp3) is 0.385. The third-order valence-electron chi connectivity index (χ3n) is 2.85. The Bertz CT molecular complexity index is 542. The molecule has 0 bridgehead atoms. The monoisotopic (exact) mass is 283 g/mol. The maximum absolute atomic E-state index is 11.7. The molecular weight excluding hydrogens is 270 g/mol. The van der Waals surface area contributed by atoms with E-state index >= 15 is 0 Å². The number of benzene rings is 1. The second kappa shape index (κ2) is 5.48. The maximum Gasteiger partial charge on any atom is 0.341 e. The molecule has 0 aromatic heterocycles. The summed E-state index contributed by atoms with van der Waals surface area (Å²) in [6, 6.07) is 1.46. The van der Waals surface area contributed by atoms with E-state index in [4.69, 9.17) is 21.1 Å². The van der Waals surface area contributed by atoms with Crippen LogP contribution < -0.4 is 10.1 Å². The number of hydrogen-bond acceptors (Lipinski definition) is 4. The van der Waals surface area contributed by atoms with Crippen LogP contribution in [0.5, 0.6) is 5.75 Å². The zero-order valence-corrected chi connectivity index (χ0v) is 11.5. The van der Waals surface area contributed by atoms with Crippen LogP contribution in [0.15, 0.2) is 6.07 Å². The number of ether oxygens (including phenoxy) is 2. The highest BCUT2D eigenvalue weighted by molar-refractivity contribution is 6.34. The lowest BCUT2D eigenvalue weighted by atomic mass is 9.99. The molecule has 1 heterocycles. The van der Waals surface area contributed by atoms with E-state index in [-0.39, 0.29) is 11.5 Å². The molecule has 1 aliphatic rings. The first-order chi connectivity index (χ1) is 9.04. The molecule has 0 saturated heterocycles. The molecule has 1 aromatic carbocycles. The summed E-state index contributed by atoms with van der Waals surface area (Å²) in [5.74, 6) is -0.277. The lowest BCUT2D eigenvalue weighted by Crippen LogP contribution is -2.17. The SMILES string of the molecule is COC(=O)c1cc(Cl)c(NC(C)=O)c2c1OCCC2. The van der Waals surface area contributed by atoms with E-state index in [0.29, 0.717) is 29.5 Å². The van der Waals surface area contributed by atoms with Crippen molar-refractivity contribution in [3.05, 3.63) is 22.2 Å². The van der Waals surface area contributed by atoms with Gasteiger partial charge < -0.3 is 14.8 Å². The van der Waals surface area contributed by atoms with E-state index in [1.54, 1.807) is 0 Å². The molecule has 2 rings (SSSR count). The number of carbonyl (C=O) groups excluding carboxylic acids is 2. The molecule has 0 fully saturated rings. The molecule has 1 amide bonds. The number of esters is 1. The van der Waals surface area contributed by atoms with E-state index < -0.39 is 5.97 Å². The van der Waals surface area contributed by atoms with E-state index in [0.717, 1.165) is 12.0 Å². The number of amides is 1. The summed E-state index contributed by atoms with van der Waals surface area (Å²) in [5.41, 5.74) is 1.54. The highest BCUT2D eigenvalue weighted by Gasteiger charge is 2.25. The molecule has 0 atom stereocenters. The quantitative estimate of drug-likeness (QED) is 0.847. The Morgan fingerprint density at radius 3 is 2.84 bits per heavy atom. The van der Waals surface area contributed by atoms with Gasteiger partial charge in [0.25, 0.3) is 0 Å². The number of hydrogen-bond donors (Lipinski definition) is 1. The highest BCUT2D eigenvalue weighted by Crippen LogP contribution is 2.40. The van der Waals surface area contributed by atoms with Crippen LogP contribution in [0.4, 0.5) is 5.69 Å². The van der Waals surface area contributed by atoms with Crippen LogP contribution in [-0.4, -0.2) is 25.6 Å². The van der Waals surface area contributed by atoms with Crippen LogP contribution in [0.2, 0.25) is 5.02 Å². The normalized spacial score (nSPS) is 13.2. The standard InChI is InChI=1S/C13H14ClNO4/c1-7(16)15-11-8-4-3-5-19-12(8)9(6-10(11)14)13(17)18-2/h6H,3-5H2,1-2H3,(H,15,16). The van der Waals surface area contributed by atoms with Crippen LogP contribution in [0.3, 0.4) is 0 Å². The number of methoxy groups -OCH3 is 1. The van der Waals surface area contributed by atoms with Crippen LogP contribution in [-0.2, 0) is 16.0 Å². The Labute approximate surface area is 115 Å². The Hall–Kier alpha value is -1.75. The molecule has 0 saturated carbocycles. The van der Waals surface area contributed by atoms with Gasteiger partial charge in [0.2, 0.25) is 5.91 Å². The molecule has 0 radical (unpaired) electrons. The predicted molar refractivity (Wildman–Crippen MR) is 70.9 cm³/mol. The van der Waals surface area contributed by atoms with Gasteiger partial charge in [-0.1, -0.05) is 11.6 Å². The lowest BCUT2D eigenvalue weighted by Gasteiger charge is -2.23. The summed E-state index contributed by atoms with van der Waals surface area (Å²) < 4.78 is 10.3. The van der Waals surface area contributed by atoms with Crippen molar-refractivity contribution in [1.82, 2.24) is 0 Å². The number of halogens is 1. The Morgan fingerprint density at radius 1 is 1.47 bits per heavy atom. The third-order valence-corrected chi connectivity index (χ3v) is 3.15. The topological polar surface area (TPSA) is 64.6 Å². The van der Waals surface area contributed by atoms with Gasteiger partial charge in [-0.3, -0.25) is 4.79 Å². The summed E-state index contributed by atoms with van der Waals surface area (Å²) in [6.45, 7) is 1.93. The molecule has 1 aliphatic heterocycles. The molecule has 1 N–H and O–H groups in total. The van der Waals surface area contributed by atoms with Crippen molar-refractivity contribution in [3.8, 4) is 5.75 Å². The molecule has 102 valence electrons. The highest BCUT2D eigenvalue weighted by atomic mass is 35.5. The summed E-state index contributed by atoms with van der Waals surface area (Å²) in [4.78, 5) is 22.9. The largest absolute Gasteiger partial charge is 0.492 e. The van der Waals surface area contributed by atoms with Gasteiger partial charge in [0, 0.05) is 12.5 Å². The molecule has 0 aliphatic carbocycles. The van der Waals surface area contributed by atoms with Crippen molar-refractivity contribution in [1.29, 1.82) is 0 Å². The average Bonchev–Trinajstić information content (AvgIpc) is 2.40. The van der Waals surface area contributed by atoms with Gasteiger partial charge in [-0.2, -0.15) is 0 Å². The molecule has 0 unspecified atom stereocenters. The molecule has 6 heteroatoms. The number of anilines is 1. The van der Waals surface area contributed by atoms with Crippen LogP contribution in [0.25, 0.3) is 0 Å². The summed E-state index contributed by atoms with van der Waals surface area (Å²) in [6.07, 6.45) is 1.50. The lowest BCUT2D eigenvalue weighted by molar-refractivity contribution is -0.114. The van der Waals surface area contributed by atoms with E-state index in [1.807, 2.05) is 0 Å². The smallest absolute Gasteiger partial charge is 0.341 e. The molecule has 0 spiro atoms. The van der Waals surface area contributed by atoms with Gasteiger partial charge in [0.15, 0.2) is 0 Å². The number of fused-ring (bicyclic) bond motifs is 1. The minimum atomic E-state index is -0.505. The van der Waals surface area contributed by atoms with Gasteiger partial charge in [-0.25, -0.2) is 4.79 Å². The first-order valence-electron chi connectivity index (χ1n) is 5.88. The van der Waals surface area contributed by atoms with Crippen molar-refractivity contribution >= 4 is 29.2 Å². The van der Waals surface area contributed by atoms with E-state index in [9.17, 15) is 9.59 Å². The molecular formula is C13H14ClNO4. The minimum absolute atomic E-state index is 0.222. The second-order valence-electron chi connectivity index (χ2n) is 4.21. The van der Waals surface area contributed by atoms with Crippen LogP contribution >= 0.6 is 11.6 Å². The fourth-order valence-corrected chi connectivity index (χ4v) is 2.35. The zero-order valence-electron chi connectivity index (χ0n) is 10.7. The zero-order chi connectivity index (χ0) is 14.0. The first-order valence-corrected chi connectivity index (χ1v) is 6.26. The Morgan fingerprint density at radius 2 is 2.21 bits per heavy atom. The van der Waals surface area contributed by atoms with Crippen molar-refractivity contribution in [2.24, 2.45) is 0 Å². The van der Waals surface area contributed by atoms with Crippen molar-refractivity contribution < 1.29 is 19.1 Å². The van der Waals surface area contributed by atoms with Crippen molar-refractivity contribution in [3.63, 3.8) is 0 Å². The van der Waals surface area contributed by atoms with Gasteiger partial charge in [0.05, 0.1) is 24.4 Å².